The summed E-state index contributed by atoms with van der Waals surface area (Å²) >= 11 is 0. The summed E-state index contributed by atoms with van der Waals surface area (Å²) in [7, 11) is -6.75. The van der Waals surface area contributed by atoms with Gasteiger partial charge >= 0.3 is 0 Å². The van der Waals surface area contributed by atoms with E-state index in [-0.39, 0.29) is 5.56 Å². The molecule has 21 heavy (non-hydrogen) atoms. The second-order valence-electron chi connectivity index (χ2n) is 4.50. The molecule has 0 radical (unpaired) electrons. The van der Waals surface area contributed by atoms with Gasteiger partial charge in [-0.1, -0.05) is 0 Å². The Morgan fingerprint density at radius 2 is 1.76 bits per heavy atom. The molecule has 0 aliphatic heterocycles. The number of nitrogens with zero attached hydrogens (tertiary/aromatic N) is 1. The van der Waals surface area contributed by atoms with Crippen LogP contribution in [-0.4, -0.2) is 51.8 Å². The van der Waals surface area contributed by atoms with Crippen molar-refractivity contribution < 1.29 is 30.7 Å². The Balaban J connectivity index is 3.21. The molecule has 0 atom stereocenters. The normalized spacial score (nSPS) is 12.9. The lowest BCUT2D eigenvalue weighted by molar-refractivity contribution is 0.280. The molecule has 0 bridgehead atoms. The zero-order valence-corrected chi connectivity index (χ0v) is 13.0. The molecule has 0 saturated heterocycles. The van der Waals surface area contributed by atoms with Gasteiger partial charge in [-0.3, -0.25) is 0 Å². The SMILES string of the molecule is CN(CCS(C)(=O)=O)S(=O)(=O)c1cc(CO)cc(F)c1F. The molecule has 0 amide bonds. The minimum Gasteiger partial charge on any atom is -0.392 e. The fraction of sp³-hybridized carbons (Fsp3) is 0.455. The largest absolute Gasteiger partial charge is 0.392 e. The molecule has 0 fully saturated rings. The summed E-state index contributed by atoms with van der Waals surface area (Å²) in [5.74, 6) is -3.43. The van der Waals surface area contributed by atoms with E-state index in [1.807, 2.05) is 0 Å². The molecule has 1 aromatic rings. The molecule has 0 heterocycles. The van der Waals surface area contributed by atoms with Crippen LogP contribution in [0.2, 0.25) is 0 Å². The number of sulfone groups is 1. The van der Waals surface area contributed by atoms with Crippen LogP contribution >= 0.6 is 0 Å². The van der Waals surface area contributed by atoms with Crippen molar-refractivity contribution in [2.24, 2.45) is 0 Å². The minimum atomic E-state index is -4.40. The van der Waals surface area contributed by atoms with Crippen LogP contribution in [0.1, 0.15) is 5.56 Å². The predicted octanol–water partition coefficient (Wildman–Crippen LogP) is 0.122. The van der Waals surface area contributed by atoms with E-state index in [4.69, 9.17) is 5.11 Å². The molecular weight excluding hydrogens is 328 g/mol. The number of aliphatic hydroxyl groups excluding tert-OH is 1. The van der Waals surface area contributed by atoms with Crippen molar-refractivity contribution in [3.63, 3.8) is 0 Å². The van der Waals surface area contributed by atoms with Gasteiger partial charge in [-0.25, -0.2) is 25.6 Å². The Labute approximate surface area is 122 Å². The molecule has 0 aliphatic rings. The van der Waals surface area contributed by atoms with E-state index < -0.39 is 55.3 Å². The zero-order chi connectivity index (χ0) is 16.4. The Kier molecular flexibility index (Phi) is 5.42. The molecule has 0 unspecified atom stereocenters. The Bertz CT molecular complexity index is 731. The summed E-state index contributed by atoms with van der Waals surface area (Å²) < 4.78 is 73.9. The number of rotatable bonds is 6. The van der Waals surface area contributed by atoms with Crippen LogP contribution in [0.5, 0.6) is 0 Å². The highest BCUT2D eigenvalue weighted by Crippen LogP contribution is 2.22. The maximum absolute atomic E-state index is 13.7. The van der Waals surface area contributed by atoms with Gasteiger partial charge in [0.25, 0.3) is 0 Å². The average Bonchev–Trinajstić information content (AvgIpc) is 2.37. The second-order valence-corrected chi connectivity index (χ2v) is 8.78. The fourth-order valence-corrected chi connectivity index (χ4v) is 3.49. The van der Waals surface area contributed by atoms with Crippen molar-refractivity contribution >= 4 is 19.9 Å². The zero-order valence-electron chi connectivity index (χ0n) is 11.4. The topological polar surface area (TPSA) is 91.8 Å². The Hall–Kier alpha value is -1.10. The van der Waals surface area contributed by atoms with Crippen molar-refractivity contribution in [2.45, 2.75) is 11.5 Å². The van der Waals surface area contributed by atoms with E-state index in [9.17, 15) is 25.6 Å². The maximum Gasteiger partial charge on any atom is 0.245 e. The lowest BCUT2D eigenvalue weighted by atomic mass is 10.2. The molecule has 6 nitrogen and oxygen atoms in total. The van der Waals surface area contributed by atoms with E-state index >= 15 is 0 Å². The van der Waals surface area contributed by atoms with Gasteiger partial charge in [0.1, 0.15) is 14.7 Å². The summed E-state index contributed by atoms with van der Waals surface area (Å²) in [6.07, 6.45) is 0.931. The van der Waals surface area contributed by atoms with Crippen LogP contribution in [0.3, 0.4) is 0 Å². The van der Waals surface area contributed by atoms with E-state index in [2.05, 4.69) is 0 Å². The van der Waals surface area contributed by atoms with Crippen molar-refractivity contribution in [1.29, 1.82) is 0 Å². The van der Waals surface area contributed by atoms with Gasteiger partial charge in [0, 0.05) is 19.8 Å². The summed E-state index contributed by atoms with van der Waals surface area (Å²) in [6, 6.07) is 1.50. The summed E-state index contributed by atoms with van der Waals surface area (Å²) in [5, 5.41) is 8.91. The number of hydrogen-bond donors (Lipinski definition) is 1. The number of sulfonamides is 1. The van der Waals surface area contributed by atoms with Crippen LogP contribution in [-0.2, 0) is 26.5 Å². The van der Waals surface area contributed by atoms with Gasteiger partial charge in [0.15, 0.2) is 11.6 Å². The van der Waals surface area contributed by atoms with E-state index in [0.717, 1.165) is 19.4 Å². The number of hydrogen-bond acceptors (Lipinski definition) is 5. The first-order valence-electron chi connectivity index (χ1n) is 5.72. The fourth-order valence-electron chi connectivity index (χ4n) is 1.48. The monoisotopic (exact) mass is 343 g/mol. The lowest BCUT2D eigenvalue weighted by Crippen LogP contribution is -2.32. The van der Waals surface area contributed by atoms with Crippen molar-refractivity contribution in [1.82, 2.24) is 4.31 Å². The molecule has 10 heteroatoms. The third-order valence-corrected chi connectivity index (χ3v) is 5.48. The molecule has 1 N–H and O–H groups in total. The number of halogens is 2. The Morgan fingerprint density at radius 1 is 1.19 bits per heavy atom. The third-order valence-electron chi connectivity index (χ3n) is 2.70. The standard InChI is InChI=1S/C11H15F2NO5S2/c1-14(3-4-20(2,16)17)21(18,19)10-6-8(7-15)5-9(12)11(10)13/h5-6,15H,3-4,7H2,1-2H3. The highest BCUT2D eigenvalue weighted by molar-refractivity contribution is 7.91. The first-order valence-corrected chi connectivity index (χ1v) is 9.22. The summed E-state index contributed by atoms with van der Waals surface area (Å²) in [6.45, 7) is -1.06. The summed E-state index contributed by atoms with van der Waals surface area (Å²) in [5.41, 5.74) is -0.107. The molecule has 0 aliphatic carbocycles. The van der Waals surface area contributed by atoms with Gasteiger partial charge in [0.2, 0.25) is 10.0 Å². The second kappa shape index (κ2) is 6.34. The van der Waals surface area contributed by atoms with E-state index in [0.29, 0.717) is 10.4 Å². The van der Waals surface area contributed by atoms with Gasteiger partial charge in [0.05, 0.1) is 12.4 Å². The highest BCUT2D eigenvalue weighted by Gasteiger charge is 2.27. The van der Waals surface area contributed by atoms with E-state index in [1.54, 1.807) is 0 Å². The summed E-state index contributed by atoms with van der Waals surface area (Å²) in [4.78, 5) is -0.942. The van der Waals surface area contributed by atoms with Gasteiger partial charge in [-0.05, 0) is 17.7 Å². The van der Waals surface area contributed by atoms with Crippen LogP contribution in [0.25, 0.3) is 0 Å². The quantitative estimate of drug-likeness (QED) is 0.792. The van der Waals surface area contributed by atoms with Gasteiger partial charge in [-0.15, -0.1) is 0 Å². The first kappa shape index (κ1) is 18.0. The molecule has 0 aromatic heterocycles. The lowest BCUT2D eigenvalue weighted by Gasteiger charge is -2.17. The van der Waals surface area contributed by atoms with Crippen molar-refractivity contribution in [2.75, 3.05) is 25.6 Å². The van der Waals surface area contributed by atoms with Gasteiger partial charge < -0.3 is 5.11 Å². The molecule has 1 aromatic carbocycles. The van der Waals surface area contributed by atoms with Crippen molar-refractivity contribution in [3.8, 4) is 0 Å². The van der Waals surface area contributed by atoms with Gasteiger partial charge in [-0.2, -0.15) is 4.31 Å². The molecule has 0 saturated carbocycles. The number of aliphatic hydroxyl groups is 1. The third kappa shape index (κ3) is 4.43. The minimum absolute atomic E-state index is 0.107. The average molecular weight is 343 g/mol. The molecule has 1 rings (SSSR count). The number of benzene rings is 1. The maximum atomic E-state index is 13.7. The van der Waals surface area contributed by atoms with Crippen LogP contribution in [0, 0.1) is 11.6 Å². The smallest absolute Gasteiger partial charge is 0.245 e. The Morgan fingerprint density at radius 3 is 2.24 bits per heavy atom. The van der Waals surface area contributed by atoms with Crippen LogP contribution in [0.4, 0.5) is 8.78 Å². The van der Waals surface area contributed by atoms with E-state index in [1.165, 1.54) is 0 Å². The first-order chi connectivity index (χ1) is 9.49. The predicted molar refractivity (Wildman–Crippen MR) is 71.8 cm³/mol. The van der Waals surface area contributed by atoms with Crippen LogP contribution < -0.4 is 0 Å². The molecule has 120 valence electrons. The molecule has 0 spiro atoms. The van der Waals surface area contributed by atoms with Crippen LogP contribution in [0.15, 0.2) is 17.0 Å². The van der Waals surface area contributed by atoms with Crippen molar-refractivity contribution in [3.05, 3.63) is 29.3 Å². The highest BCUT2D eigenvalue weighted by atomic mass is 32.2. The molecular formula is C11H15F2NO5S2.